The molecule has 1 aromatic carbocycles. The highest BCUT2D eigenvalue weighted by Gasteiger charge is 2.04. The fourth-order valence-corrected chi connectivity index (χ4v) is 1.66. The van der Waals surface area contributed by atoms with Gasteiger partial charge in [-0.2, -0.15) is 5.26 Å². The smallest absolute Gasteiger partial charge is 0.0992 e. The quantitative estimate of drug-likeness (QED) is 0.869. The van der Waals surface area contributed by atoms with Crippen LogP contribution in [-0.2, 0) is 0 Å². The Morgan fingerprint density at radius 3 is 2.71 bits per heavy atom. The Morgan fingerprint density at radius 2 is 2.00 bits per heavy atom. The number of benzene rings is 1. The van der Waals surface area contributed by atoms with E-state index in [1.54, 1.807) is 18.5 Å². The van der Waals surface area contributed by atoms with Gasteiger partial charge in [-0.25, -0.2) is 0 Å². The Labute approximate surface area is 101 Å². The molecule has 0 amide bonds. The summed E-state index contributed by atoms with van der Waals surface area (Å²) in [5, 5.41) is 12.2. The molecule has 3 heteroatoms. The molecule has 1 N–H and O–H groups in total. The lowest BCUT2D eigenvalue weighted by molar-refractivity contribution is 0.880. The molecule has 2 rings (SSSR count). The number of pyridine rings is 1. The maximum absolute atomic E-state index is 8.83. The van der Waals surface area contributed by atoms with Gasteiger partial charge in [0, 0.05) is 24.1 Å². The molecule has 0 saturated carbocycles. The highest BCUT2D eigenvalue weighted by molar-refractivity contribution is 5.50. The molecule has 84 valence electrons. The molecule has 1 unspecified atom stereocenters. The molecule has 0 spiro atoms. The van der Waals surface area contributed by atoms with Crippen LogP contribution in [0.4, 0.5) is 5.69 Å². The van der Waals surface area contributed by atoms with E-state index in [9.17, 15) is 0 Å². The average Bonchev–Trinajstić information content (AvgIpc) is 2.40. The third-order valence-electron chi connectivity index (χ3n) is 2.58. The number of anilines is 1. The van der Waals surface area contributed by atoms with E-state index < -0.39 is 0 Å². The van der Waals surface area contributed by atoms with Crippen molar-refractivity contribution in [3.05, 3.63) is 59.9 Å². The van der Waals surface area contributed by atoms with Gasteiger partial charge in [0.05, 0.1) is 11.6 Å². The van der Waals surface area contributed by atoms with Crippen LogP contribution >= 0.6 is 0 Å². The summed E-state index contributed by atoms with van der Waals surface area (Å²) in [6.07, 6.45) is 3.55. The van der Waals surface area contributed by atoms with Crippen LogP contribution in [0.5, 0.6) is 0 Å². The number of nitrogens with one attached hydrogen (secondary N) is 1. The zero-order valence-corrected chi connectivity index (χ0v) is 9.59. The van der Waals surface area contributed by atoms with Crippen molar-refractivity contribution >= 4 is 5.69 Å². The Bertz CT molecular complexity index is 529. The maximum atomic E-state index is 8.83. The second-order valence-corrected chi connectivity index (χ2v) is 3.84. The first-order valence-electron chi connectivity index (χ1n) is 5.46. The molecule has 2 aromatic rings. The fraction of sp³-hybridized carbons (Fsp3) is 0.143. The van der Waals surface area contributed by atoms with E-state index in [2.05, 4.69) is 23.3 Å². The van der Waals surface area contributed by atoms with Crippen molar-refractivity contribution in [2.75, 3.05) is 5.32 Å². The highest BCUT2D eigenvalue weighted by atomic mass is 14.9. The molecule has 0 radical (unpaired) electrons. The topological polar surface area (TPSA) is 48.7 Å². The summed E-state index contributed by atoms with van der Waals surface area (Å²) in [4.78, 5) is 3.99. The van der Waals surface area contributed by atoms with Crippen molar-refractivity contribution < 1.29 is 0 Å². The number of hydrogen-bond donors (Lipinski definition) is 1. The lowest BCUT2D eigenvalue weighted by Crippen LogP contribution is -2.06. The Morgan fingerprint density at radius 1 is 1.24 bits per heavy atom. The summed E-state index contributed by atoms with van der Waals surface area (Å²) >= 11 is 0. The van der Waals surface area contributed by atoms with Gasteiger partial charge in [0.2, 0.25) is 0 Å². The molecule has 0 fully saturated rings. The minimum Gasteiger partial charge on any atom is -0.378 e. The van der Waals surface area contributed by atoms with Gasteiger partial charge < -0.3 is 5.32 Å². The first kappa shape index (κ1) is 11.2. The fourth-order valence-electron chi connectivity index (χ4n) is 1.66. The largest absolute Gasteiger partial charge is 0.378 e. The minimum absolute atomic E-state index is 0.187. The highest BCUT2D eigenvalue weighted by Crippen LogP contribution is 2.19. The van der Waals surface area contributed by atoms with Crippen molar-refractivity contribution in [2.24, 2.45) is 0 Å². The van der Waals surface area contributed by atoms with Crippen molar-refractivity contribution in [1.29, 1.82) is 5.26 Å². The number of nitriles is 1. The monoisotopic (exact) mass is 223 g/mol. The molecular weight excluding hydrogens is 210 g/mol. The van der Waals surface area contributed by atoms with Crippen LogP contribution < -0.4 is 5.32 Å². The molecular formula is C14H13N3. The van der Waals surface area contributed by atoms with Crippen molar-refractivity contribution in [1.82, 2.24) is 4.98 Å². The number of nitrogens with zero attached hydrogens (tertiary/aromatic N) is 2. The number of rotatable bonds is 3. The van der Waals surface area contributed by atoms with E-state index >= 15 is 0 Å². The predicted molar refractivity (Wildman–Crippen MR) is 67.4 cm³/mol. The van der Waals surface area contributed by atoms with Gasteiger partial charge in [-0.05, 0) is 42.8 Å². The van der Waals surface area contributed by atoms with Crippen LogP contribution in [0, 0.1) is 11.3 Å². The SMILES string of the molecule is CC(Nc1cccc(C#N)c1)c1ccncc1. The molecule has 17 heavy (non-hydrogen) atoms. The molecule has 1 atom stereocenters. The lowest BCUT2D eigenvalue weighted by Gasteiger charge is -2.15. The molecule has 0 aliphatic heterocycles. The summed E-state index contributed by atoms with van der Waals surface area (Å²) < 4.78 is 0. The Balaban J connectivity index is 2.13. The molecule has 0 bridgehead atoms. The summed E-state index contributed by atoms with van der Waals surface area (Å²) in [6.45, 7) is 2.08. The number of aromatic nitrogens is 1. The van der Waals surface area contributed by atoms with Crippen LogP contribution in [0.1, 0.15) is 24.1 Å². The summed E-state index contributed by atoms with van der Waals surface area (Å²) in [6, 6.07) is 13.7. The zero-order valence-electron chi connectivity index (χ0n) is 9.59. The van der Waals surface area contributed by atoms with Crippen molar-refractivity contribution in [2.45, 2.75) is 13.0 Å². The van der Waals surface area contributed by atoms with E-state index in [1.807, 2.05) is 30.3 Å². The average molecular weight is 223 g/mol. The van der Waals surface area contributed by atoms with Gasteiger partial charge in [-0.1, -0.05) is 6.07 Å². The zero-order chi connectivity index (χ0) is 12.1. The number of hydrogen-bond acceptors (Lipinski definition) is 3. The van der Waals surface area contributed by atoms with Gasteiger partial charge in [-0.3, -0.25) is 4.98 Å². The normalized spacial score (nSPS) is 11.5. The second kappa shape index (κ2) is 5.13. The van der Waals surface area contributed by atoms with E-state index in [1.165, 1.54) is 5.56 Å². The van der Waals surface area contributed by atoms with Crippen LogP contribution in [0.25, 0.3) is 0 Å². The van der Waals surface area contributed by atoms with Gasteiger partial charge >= 0.3 is 0 Å². The molecule has 0 aliphatic rings. The van der Waals surface area contributed by atoms with Crippen LogP contribution in [-0.4, -0.2) is 4.98 Å². The standard InChI is InChI=1S/C14H13N3/c1-11(13-5-7-16-8-6-13)17-14-4-2-3-12(9-14)10-15/h2-9,11,17H,1H3. The summed E-state index contributed by atoms with van der Waals surface area (Å²) in [5.41, 5.74) is 2.78. The van der Waals surface area contributed by atoms with Crippen LogP contribution in [0.15, 0.2) is 48.8 Å². The van der Waals surface area contributed by atoms with Gasteiger partial charge in [0.15, 0.2) is 0 Å². The lowest BCUT2D eigenvalue weighted by atomic mass is 10.1. The Kier molecular flexibility index (Phi) is 3.37. The molecule has 0 aliphatic carbocycles. The van der Waals surface area contributed by atoms with E-state index in [0.29, 0.717) is 5.56 Å². The molecule has 1 heterocycles. The van der Waals surface area contributed by atoms with Crippen molar-refractivity contribution in [3.63, 3.8) is 0 Å². The van der Waals surface area contributed by atoms with Gasteiger partial charge in [0.1, 0.15) is 0 Å². The van der Waals surface area contributed by atoms with Gasteiger partial charge in [0.25, 0.3) is 0 Å². The van der Waals surface area contributed by atoms with Crippen molar-refractivity contribution in [3.8, 4) is 6.07 Å². The summed E-state index contributed by atoms with van der Waals surface area (Å²) in [5.74, 6) is 0. The van der Waals surface area contributed by atoms with Gasteiger partial charge in [-0.15, -0.1) is 0 Å². The first-order valence-corrected chi connectivity index (χ1v) is 5.46. The molecule has 1 aromatic heterocycles. The van der Waals surface area contributed by atoms with E-state index in [-0.39, 0.29) is 6.04 Å². The second-order valence-electron chi connectivity index (χ2n) is 3.84. The van der Waals surface area contributed by atoms with Crippen LogP contribution in [0.3, 0.4) is 0 Å². The summed E-state index contributed by atoms with van der Waals surface area (Å²) in [7, 11) is 0. The Hall–Kier alpha value is -2.34. The third-order valence-corrected chi connectivity index (χ3v) is 2.58. The van der Waals surface area contributed by atoms with Crippen LogP contribution in [0.2, 0.25) is 0 Å². The van der Waals surface area contributed by atoms with E-state index in [4.69, 9.17) is 5.26 Å². The predicted octanol–water partition coefficient (Wildman–Crippen LogP) is 3.13. The maximum Gasteiger partial charge on any atom is 0.0992 e. The minimum atomic E-state index is 0.187. The first-order chi connectivity index (χ1) is 8.29. The molecule has 3 nitrogen and oxygen atoms in total. The van der Waals surface area contributed by atoms with E-state index in [0.717, 1.165) is 5.69 Å². The third kappa shape index (κ3) is 2.82. The molecule has 0 saturated heterocycles.